The summed E-state index contributed by atoms with van der Waals surface area (Å²) in [6.07, 6.45) is 23.9. The smallest absolute Gasteiger partial charge is 0.123 e. The molecule has 0 heterocycles. The van der Waals surface area contributed by atoms with E-state index in [1.54, 1.807) is 0 Å². The summed E-state index contributed by atoms with van der Waals surface area (Å²) in [5.41, 5.74) is 9.09. The van der Waals surface area contributed by atoms with Crippen LogP contribution in [0.15, 0.2) is 24.3 Å². The van der Waals surface area contributed by atoms with Crippen molar-refractivity contribution in [2.75, 3.05) is 0 Å². The van der Waals surface area contributed by atoms with Crippen LogP contribution in [0.25, 0.3) is 0 Å². The van der Waals surface area contributed by atoms with E-state index in [1.165, 1.54) is 149 Å². The molecule has 4 heteroatoms. The molecule has 0 saturated heterocycles. The fraction of sp³-hybridized carbons (Fsp3) is 0.769. The molecule has 2 aromatic rings. The van der Waals surface area contributed by atoms with E-state index >= 15 is 0 Å². The largest absolute Gasteiger partial charge is 0.507 e. The molecule has 9 fully saturated rings. The van der Waals surface area contributed by atoms with Crippen LogP contribution in [0.4, 0.5) is 0 Å². The lowest BCUT2D eigenvalue weighted by Gasteiger charge is -2.61. The first kappa shape index (κ1) is 40.2. The Bertz CT molecular complexity index is 1650. The molecule has 0 aromatic heterocycles. The molecule has 6 atom stereocenters. The van der Waals surface area contributed by atoms with E-state index in [0.717, 1.165) is 35.2 Å². The summed E-state index contributed by atoms with van der Waals surface area (Å²) in [5.74, 6) is 6.40. The Labute approximate surface area is 350 Å². The van der Waals surface area contributed by atoms with Crippen LogP contribution in [0, 0.1) is 34.5 Å². The zero-order chi connectivity index (χ0) is 39.5. The first-order valence-corrected chi connectivity index (χ1v) is 25.4. The van der Waals surface area contributed by atoms with Gasteiger partial charge in [0, 0.05) is 55.1 Å². The van der Waals surface area contributed by atoms with Crippen LogP contribution in [0.1, 0.15) is 204 Å². The number of hydrogen-bond donors (Lipinski definition) is 2. The maximum atomic E-state index is 12.4. The first-order valence-electron chi connectivity index (χ1n) is 23.3. The highest BCUT2D eigenvalue weighted by Crippen LogP contribution is 2.68. The van der Waals surface area contributed by atoms with E-state index in [0.29, 0.717) is 32.8 Å². The second-order valence-electron chi connectivity index (χ2n) is 24.4. The van der Waals surface area contributed by atoms with Crippen LogP contribution in [0.2, 0.25) is 0 Å². The van der Waals surface area contributed by atoms with Crippen molar-refractivity contribution < 1.29 is 10.2 Å². The van der Waals surface area contributed by atoms with Gasteiger partial charge in [-0.1, -0.05) is 105 Å². The van der Waals surface area contributed by atoms with E-state index in [2.05, 4.69) is 103 Å². The Kier molecular flexibility index (Phi) is 10.2. The molecular formula is C52H76O2S2. The van der Waals surface area contributed by atoms with Crippen LogP contribution in [0.5, 0.6) is 11.5 Å². The predicted octanol–water partition coefficient (Wildman–Crippen LogP) is 14.7. The van der Waals surface area contributed by atoms with E-state index < -0.39 is 0 Å². The molecule has 0 spiro atoms. The van der Waals surface area contributed by atoms with Gasteiger partial charge in [-0.15, -0.1) is 0 Å². The minimum absolute atomic E-state index is 0.0447. The standard InChI is InChI=1S/C52H76O2S2/c1-47(2,3)39-17-37(45(53)41(19-39)51-25-33-15-34(26-51)22-49(7,21-33)31-51)29-55-43-13-11-9-10-12-14-44(43)56-30-38-18-40(48(4,5)6)20-42(46(38)54)52-27-35-16-36(28-52)24-50(8,23-35)32-52/h17-20,33-36,43-44,53-54H,9-16,21-32H2,1-8H3/t33?,34?,35?,36?,43-,44?,49?,50?,51?,52?/m0/s1. The maximum absolute atomic E-state index is 12.4. The fourth-order valence-electron chi connectivity index (χ4n) is 15.5. The van der Waals surface area contributed by atoms with E-state index in [9.17, 15) is 10.2 Å². The van der Waals surface area contributed by atoms with Crippen LogP contribution in [-0.2, 0) is 33.2 Å². The lowest BCUT2D eigenvalue weighted by molar-refractivity contribution is -0.0625. The summed E-state index contributed by atoms with van der Waals surface area (Å²) in [4.78, 5) is 0. The van der Waals surface area contributed by atoms with Gasteiger partial charge < -0.3 is 10.2 Å². The molecule has 2 aromatic carbocycles. The van der Waals surface area contributed by atoms with Gasteiger partial charge in [-0.2, -0.15) is 23.5 Å². The summed E-state index contributed by atoms with van der Waals surface area (Å²) in [7, 11) is 0. The van der Waals surface area contributed by atoms with Gasteiger partial charge in [-0.3, -0.25) is 0 Å². The summed E-state index contributed by atoms with van der Waals surface area (Å²) in [6.45, 7) is 19.3. The zero-order valence-corrected chi connectivity index (χ0v) is 38.3. The molecule has 308 valence electrons. The van der Waals surface area contributed by atoms with Gasteiger partial charge >= 0.3 is 0 Å². The number of aromatic hydroxyl groups is 2. The van der Waals surface area contributed by atoms with Crippen molar-refractivity contribution in [3.05, 3.63) is 57.6 Å². The zero-order valence-electron chi connectivity index (χ0n) is 36.6. The van der Waals surface area contributed by atoms with Gasteiger partial charge in [0.1, 0.15) is 11.5 Å². The summed E-state index contributed by atoms with van der Waals surface area (Å²) < 4.78 is 0. The first-order chi connectivity index (χ1) is 26.3. The van der Waals surface area contributed by atoms with Crippen molar-refractivity contribution in [3.8, 4) is 11.5 Å². The quantitative estimate of drug-likeness (QED) is 0.279. The molecule has 2 N–H and O–H groups in total. The summed E-state index contributed by atoms with van der Waals surface area (Å²) in [5, 5.41) is 25.9. The van der Waals surface area contributed by atoms with Crippen molar-refractivity contribution in [3.63, 3.8) is 0 Å². The van der Waals surface area contributed by atoms with Crippen molar-refractivity contribution in [1.29, 1.82) is 0 Å². The topological polar surface area (TPSA) is 40.5 Å². The molecule has 9 aliphatic rings. The third-order valence-electron chi connectivity index (χ3n) is 17.0. The van der Waals surface area contributed by atoms with Gasteiger partial charge in [0.2, 0.25) is 0 Å². The number of benzene rings is 2. The normalized spacial score (nSPS) is 39.2. The van der Waals surface area contributed by atoms with Gasteiger partial charge in [0.25, 0.3) is 0 Å². The second-order valence-corrected chi connectivity index (χ2v) is 26.8. The summed E-state index contributed by atoms with van der Waals surface area (Å²) >= 11 is 4.29. The SMILES string of the molecule is CC12CC3CC(C1)CC(c1cc(C(C)(C)C)cc(CSC4CCCCCC[C@@H]4SCc4cc(C(C)(C)C)cc(C56CC7CC(CC(C)(C7)C5)C6)c4O)c1O)(C3)C2. The third kappa shape index (κ3) is 7.44. The van der Waals surface area contributed by atoms with Crippen LogP contribution in [0.3, 0.4) is 0 Å². The van der Waals surface area contributed by atoms with Gasteiger partial charge in [-0.25, -0.2) is 0 Å². The molecule has 0 amide bonds. The third-order valence-corrected chi connectivity index (χ3v) is 20.1. The highest BCUT2D eigenvalue weighted by molar-refractivity contribution is 8.03. The number of rotatable bonds is 8. The van der Waals surface area contributed by atoms with Crippen molar-refractivity contribution in [2.24, 2.45) is 34.5 Å². The predicted molar refractivity (Wildman–Crippen MR) is 240 cm³/mol. The Hall–Kier alpha value is -1.26. The molecule has 0 aliphatic heterocycles. The number of phenolic OH excluding ortho intramolecular Hbond substituents is 2. The molecule has 0 radical (unpaired) electrons. The molecule has 9 aliphatic carbocycles. The monoisotopic (exact) mass is 797 g/mol. The second kappa shape index (κ2) is 14.2. The van der Waals surface area contributed by atoms with E-state index in [4.69, 9.17) is 0 Å². The average molecular weight is 797 g/mol. The number of thioether (sulfide) groups is 2. The highest BCUT2D eigenvalue weighted by Gasteiger charge is 2.58. The number of hydrogen-bond acceptors (Lipinski definition) is 4. The molecule has 2 nitrogen and oxygen atoms in total. The Balaban J connectivity index is 0.987. The van der Waals surface area contributed by atoms with Crippen molar-refractivity contribution in [1.82, 2.24) is 0 Å². The lowest BCUT2D eigenvalue weighted by Crippen LogP contribution is -2.53. The maximum Gasteiger partial charge on any atom is 0.123 e. The lowest BCUT2D eigenvalue weighted by atomic mass is 9.43. The minimum Gasteiger partial charge on any atom is -0.507 e. The molecular weight excluding hydrogens is 721 g/mol. The molecule has 11 rings (SSSR count). The average Bonchev–Trinajstić information content (AvgIpc) is 3.05. The summed E-state index contributed by atoms with van der Waals surface area (Å²) in [6, 6.07) is 9.71. The molecule has 5 unspecified atom stereocenters. The molecule has 56 heavy (non-hydrogen) atoms. The molecule has 8 bridgehead atoms. The van der Waals surface area contributed by atoms with Crippen molar-refractivity contribution >= 4 is 23.5 Å². The van der Waals surface area contributed by atoms with Gasteiger partial charge in [-0.05, 0) is 146 Å². The minimum atomic E-state index is 0.0447. The van der Waals surface area contributed by atoms with Gasteiger partial charge in [0.05, 0.1) is 0 Å². The Morgan fingerprint density at radius 3 is 1.21 bits per heavy atom. The highest BCUT2D eigenvalue weighted by atomic mass is 32.2. The van der Waals surface area contributed by atoms with E-state index in [1.807, 2.05) is 0 Å². The Morgan fingerprint density at radius 1 is 0.536 bits per heavy atom. The number of phenols is 2. The van der Waals surface area contributed by atoms with Crippen LogP contribution >= 0.6 is 23.5 Å². The van der Waals surface area contributed by atoms with Crippen molar-refractivity contribution in [2.45, 2.75) is 215 Å². The molecule has 9 saturated carbocycles. The Morgan fingerprint density at radius 2 is 0.893 bits per heavy atom. The fourth-order valence-corrected chi connectivity index (χ4v) is 18.6. The van der Waals surface area contributed by atoms with Crippen LogP contribution < -0.4 is 0 Å². The van der Waals surface area contributed by atoms with E-state index in [-0.39, 0.29) is 21.7 Å². The van der Waals surface area contributed by atoms with Crippen LogP contribution in [-0.4, -0.2) is 20.7 Å². The van der Waals surface area contributed by atoms with Gasteiger partial charge in [0.15, 0.2) is 0 Å².